The summed E-state index contributed by atoms with van der Waals surface area (Å²) in [5.74, 6) is -0.272. The first-order valence-corrected chi connectivity index (χ1v) is 9.55. The Kier molecular flexibility index (Phi) is 7.08. The molecule has 7 heteroatoms. The molecule has 30 heavy (non-hydrogen) atoms. The predicted octanol–water partition coefficient (Wildman–Crippen LogP) is 6.26. The van der Waals surface area contributed by atoms with E-state index in [1.165, 1.54) is 30.3 Å². The fraction of sp³-hybridized carbons (Fsp3) is 0.0435. The van der Waals surface area contributed by atoms with Gasteiger partial charge in [-0.2, -0.15) is 5.26 Å². The molecule has 0 fully saturated rings. The minimum Gasteiger partial charge on any atom is -0.489 e. The monoisotopic (exact) mass is 440 g/mol. The van der Waals surface area contributed by atoms with E-state index in [0.717, 1.165) is 5.56 Å². The zero-order valence-electron chi connectivity index (χ0n) is 15.5. The number of nitrogens with zero attached hydrogens (tertiary/aromatic N) is 1. The molecule has 0 radical (unpaired) electrons. The van der Waals surface area contributed by atoms with E-state index in [4.69, 9.17) is 27.9 Å². The molecule has 0 saturated heterocycles. The number of anilines is 1. The third-order valence-corrected chi connectivity index (χ3v) is 4.43. The number of rotatable bonds is 6. The van der Waals surface area contributed by atoms with Crippen molar-refractivity contribution in [1.29, 1.82) is 5.26 Å². The maximum absolute atomic E-state index is 12.9. The van der Waals surface area contributed by atoms with Gasteiger partial charge in [0.15, 0.2) is 0 Å². The summed E-state index contributed by atoms with van der Waals surface area (Å²) in [6.45, 7) is 0.295. The topological polar surface area (TPSA) is 62.1 Å². The fourth-order valence-corrected chi connectivity index (χ4v) is 3.07. The molecular weight excluding hydrogens is 426 g/mol. The molecule has 0 bridgehead atoms. The maximum atomic E-state index is 12.9. The van der Waals surface area contributed by atoms with Crippen LogP contribution in [-0.2, 0) is 11.4 Å². The summed E-state index contributed by atoms with van der Waals surface area (Å²) in [6, 6.07) is 19.4. The van der Waals surface area contributed by atoms with Crippen molar-refractivity contribution < 1.29 is 13.9 Å². The SMILES string of the molecule is N#CC(=Cc1ccc(OCc2ccc(F)cc2)cc1)C(=O)Nc1cc(Cl)cc(Cl)c1. The maximum Gasteiger partial charge on any atom is 0.266 e. The van der Waals surface area contributed by atoms with E-state index in [9.17, 15) is 14.4 Å². The van der Waals surface area contributed by atoms with Crippen LogP contribution in [0.2, 0.25) is 10.0 Å². The minimum atomic E-state index is -0.576. The molecule has 150 valence electrons. The van der Waals surface area contributed by atoms with Gasteiger partial charge in [0.05, 0.1) is 0 Å². The van der Waals surface area contributed by atoms with Gasteiger partial charge in [-0.1, -0.05) is 47.5 Å². The summed E-state index contributed by atoms with van der Waals surface area (Å²) in [6.07, 6.45) is 1.46. The number of ether oxygens (including phenoxy) is 1. The number of carbonyl (C=O) groups excluding carboxylic acids is 1. The van der Waals surface area contributed by atoms with E-state index in [1.54, 1.807) is 42.5 Å². The summed E-state index contributed by atoms with van der Waals surface area (Å²) in [5.41, 5.74) is 1.80. The average Bonchev–Trinajstić information content (AvgIpc) is 2.71. The molecule has 3 aromatic rings. The van der Waals surface area contributed by atoms with E-state index in [1.807, 2.05) is 6.07 Å². The zero-order valence-corrected chi connectivity index (χ0v) is 17.0. The molecule has 3 rings (SSSR count). The molecule has 0 atom stereocenters. The molecular formula is C23H15Cl2FN2O2. The Morgan fingerprint density at radius 1 is 1.03 bits per heavy atom. The predicted molar refractivity (Wildman–Crippen MR) is 116 cm³/mol. The molecule has 0 heterocycles. The second kappa shape index (κ2) is 9.93. The van der Waals surface area contributed by atoms with Crippen molar-refractivity contribution in [3.8, 4) is 11.8 Å². The summed E-state index contributed by atoms with van der Waals surface area (Å²) in [7, 11) is 0. The number of hydrogen-bond donors (Lipinski definition) is 1. The van der Waals surface area contributed by atoms with Gasteiger partial charge in [-0.05, 0) is 59.7 Å². The van der Waals surface area contributed by atoms with Gasteiger partial charge in [0, 0.05) is 15.7 Å². The third kappa shape index (κ3) is 6.08. The largest absolute Gasteiger partial charge is 0.489 e. The Morgan fingerprint density at radius 2 is 1.67 bits per heavy atom. The van der Waals surface area contributed by atoms with Crippen LogP contribution in [0, 0.1) is 17.1 Å². The Balaban J connectivity index is 1.65. The van der Waals surface area contributed by atoms with Gasteiger partial charge in [-0.15, -0.1) is 0 Å². The van der Waals surface area contributed by atoms with Crippen molar-refractivity contribution in [3.05, 3.63) is 99.3 Å². The lowest BCUT2D eigenvalue weighted by Crippen LogP contribution is -2.13. The van der Waals surface area contributed by atoms with E-state index < -0.39 is 5.91 Å². The number of amides is 1. The second-order valence-corrected chi connectivity index (χ2v) is 7.14. The number of nitriles is 1. The van der Waals surface area contributed by atoms with Gasteiger partial charge in [0.2, 0.25) is 0 Å². The smallest absolute Gasteiger partial charge is 0.266 e. The van der Waals surface area contributed by atoms with Crippen LogP contribution in [0.15, 0.2) is 72.3 Å². The lowest BCUT2D eigenvalue weighted by molar-refractivity contribution is -0.112. The second-order valence-electron chi connectivity index (χ2n) is 6.27. The first kappa shape index (κ1) is 21.4. The lowest BCUT2D eigenvalue weighted by atomic mass is 10.1. The zero-order chi connectivity index (χ0) is 21.5. The van der Waals surface area contributed by atoms with Crippen molar-refractivity contribution in [2.24, 2.45) is 0 Å². The molecule has 0 aliphatic rings. The molecule has 0 aromatic heterocycles. The quantitative estimate of drug-likeness (QED) is 0.363. The Labute approximate surface area is 183 Å². The molecule has 0 unspecified atom stereocenters. The number of hydrogen-bond acceptors (Lipinski definition) is 3. The van der Waals surface area contributed by atoms with Gasteiger partial charge in [-0.3, -0.25) is 4.79 Å². The number of benzene rings is 3. The Hall–Kier alpha value is -3.33. The van der Waals surface area contributed by atoms with Gasteiger partial charge >= 0.3 is 0 Å². The first-order chi connectivity index (χ1) is 14.4. The van der Waals surface area contributed by atoms with Crippen LogP contribution in [0.5, 0.6) is 5.75 Å². The highest BCUT2D eigenvalue weighted by Gasteiger charge is 2.10. The molecule has 0 saturated carbocycles. The van der Waals surface area contributed by atoms with Gasteiger partial charge in [0.25, 0.3) is 5.91 Å². The van der Waals surface area contributed by atoms with Crippen LogP contribution >= 0.6 is 23.2 Å². The van der Waals surface area contributed by atoms with Crippen LogP contribution in [0.25, 0.3) is 6.08 Å². The van der Waals surface area contributed by atoms with Crippen LogP contribution < -0.4 is 10.1 Å². The number of halogens is 3. The molecule has 0 spiro atoms. The highest BCUT2D eigenvalue weighted by molar-refractivity contribution is 6.35. The number of nitrogens with one attached hydrogen (secondary N) is 1. The molecule has 4 nitrogen and oxygen atoms in total. The van der Waals surface area contributed by atoms with Gasteiger partial charge in [-0.25, -0.2) is 4.39 Å². The molecule has 3 aromatic carbocycles. The average molecular weight is 441 g/mol. The van der Waals surface area contributed by atoms with E-state index in [0.29, 0.717) is 33.7 Å². The minimum absolute atomic E-state index is 0.0777. The third-order valence-electron chi connectivity index (χ3n) is 4.00. The summed E-state index contributed by atoms with van der Waals surface area (Å²) in [5, 5.41) is 12.7. The first-order valence-electron chi connectivity index (χ1n) is 8.79. The van der Waals surface area contributed by atoms with Crippen molar-refractivity contribution in [2.75, 3.05) is 5.32 Å². The normalized spacial score (nSPS) is 10.9. The molecule has 0 aliphatic heterocycles. The highest BCUT2D eigenvalue weighted by atomic mass is 35.5. The van der Waals surface area contributed by atoms with E-state index in [2.05, 4.69) is 5.32 Å². The standard InChI is InChI=1S/C23H15Cl2FN2O2/c24-18-10-19(25)12-21(11-18)28-23(29)17(13-27)9-15-3-7-22(8-4-15)30-14-16-1-5-20(26)6-2-16/h1-12H,14H2,(H,28,29). The van der Waals surface area contributed by atoms with Crippen LogP contribution in [0.4, 0.5) is 10.1 Å². The van der Waals surface area contributed by atoms with E-state index in [-0.39, 0.29) is 11.4 Å². The van der Waals surface area contributed by atoms with Crippen LogP contribution in [-0.4, -0.2) is 5.91 Å². The van der Waals surface area contributed by atoms with Crippen molar-refractivity contribution >= 4 is 40.9 Å². The lowest BCUT2D eigenvalue weighted by Gasteiger charge is -2.07. The summed E-state index contributed by atoms with van der Waals surface area (Å²) in [4.78, 5) is 12.4. The molecule has 0 aliphatic carbocycles. The van der Waals surface area contributed by atoms with E-state index >= 15 is 0 Å². The fourth-order valence-electron chi connectivity index (χ4n) is 2.55. The van der Waals surface area contributed by atoms with Gasteiger partial charge in [0.1, 0.15) is 29.8 Å². The van der Waals surface area contributed by atoms with Crippen LogP contribution in [0.1, 0.15) is 11.1 Å². The summed E-state index contributed by atoms with van der Waals surface area (Å²) < 4.78 is 18.6. The Morgan fingerprint density at radius 3 is 2.27 bits per heavy atom. The number of carbonyl (C=O) groups is 1. The molecule has 1 amide bonds. The van der Waals surface area contributed by atoms with Gasteiger partial charge < -0.3 is 10.1 Å². The van der Waals surface area contributed by atoms with Crippen molar-refractivity contribution in [3.63, 3.8) is 0 Å². The van der Waals surface area contributed by atoms with Crippen molar-refractivity contribution in [1.82, 2.24) is 0 Å². The van der Waals surface area contributed by atoms with Crippen molar-refractivity contribution in [2.45, 2.75) is 6.61 Å². The highest BCUT2D eigenvalue weighted by Crippen LogP contribution is 2.23. The summed E-state index contributed by atoms with van der Waals surface area (Å²) >= 11 is 11.8. The molecule has 1 N–H and O–H groups in total. The Bertz CT molecular complexity index is 1100. The van der Waals surface area contributed by atoms with Crippen LogP contribution in [0.3, 0.4) is 0 Å².